The van der Waals surface area contributed by atoms with Crippen LogP contribution in [0.15, 0.2) is 0 Å². The van der Waals surface area contributed by atoms with Crippen molar-refractivity contribution < 1.29 is 14.6 Å². The normalized spacial score (nSPS) is 19.2. The van der Waals surface area contributed by atoms with Crippen LogP contribution in [0, 0.1) is 5.41 Å². The van der Waals surface area contributed by atoms with E-state index in [1.54, 1.807) is 7.11 Å². The Kier molecular flexibility index (Phi) is 5.22. The number of carbonyl (C=O) groups is 1. The minimum Gasteiger partial charge on any atom is -0.481 e. The molecule has 1 aliphatic rings. The van der Waals surface area contributed by atoms with Gasteiger partial charge in [0.05, 0.1) is 5.41 Å². The number of nitrogens with zero attached hydrogens (tertiary/aromatic N) is 1. The second kappa shape index (κ2) is 6.21. The Hall–Kier alpha value is -0.610. The van der Waals surface area contributed by atoms with Crippen molar-refractivity contribution in [3.8, 4) is 0 Å². The van der Waals surface area contributed by atoms with Crippen molar-refractivity contribution in [2.24, 2.45) is 5.41 Å². The fourth-order valence-corrected chi connectivity index (χ4v) is 2.57. The van der Waals surface area contributed by atoms with Gasteiger partial charge >= 0.3 is 5.97 Å². The van der Waals surface area contributed by atoms with Gasteiger partial charge in [0, 0.05) is 26.8 Å². The Morgan fingerprint density at radius 2 is 2.06 bits per heavy atom. The van der Waals surface area contributed by atoms with Crippen LogP contribution < -0.4 is 0 Å². The summed E-state index contributed by atoms with van der Waals surface area (Å²) in [4.78, 5) is 13.5. The number of carboxylic acids is 1. The highest BCUT2D eigenvalue weighted by Gasteiger charge is 2.41. The summed E-state index contributed by atoms with van der Waals surface area (Å²) in [6, 6.07) is 0. The first-order valence-electron chi connectivity index (χ1n) is 6.01. The summed E-state index contributed by atoms with van der Waals surface area (Å²) in [6.07, 6.45) is 4.73. The maximum atomic E-state index is 11.3. The van der Waals surface area contributed by atoms with E-state index in [2.05, 4.69) is 4.90 Å². The van der Waals surface area contributed by atoms with E-state index in [1.165, 1.54) is 0 Å². The van der Waals surface area contributed by atoms with E-state index in [0.717, 1.165) is 45.3 Å². The average molecular weight is 229 g/mol. The first-order chi connectivity index (χ1) is 7.60. The number of ether oxygens (including phenoxy) is 1. The third kappa shape index (κ3) is 3.46. The second-order valence-electron chi connectivity index (χ2n) is 4.88. The van der Waals surface area contributed by atoms with Gasteiger partial charge in [-0.25, -0.2) is 0 Å². The molecule has 0 radical (unpaired) electrons. The minimum absolute atomic E-state index is 0.484. The van der Waals surface area contributed by atoms with Crippen molar-refractivity contribution in [3.63, 3.8) is 0 Å². The molecule has 4 nitrogen and oxygen atoms in total. The Morgan fingerprint density at radius 1 is 1.44 bits per heavy atom. The molecule has 1 N–H and O–H groups in total. The lowest BCUT2D eigenvalue weighted by molar-refractivity contribution is -0.149. The average Bonchev–Trinajstić information content (AvgIpc) is 2.68. The molecule has 0 atom stereocenters. The Balaban J connectivity index is 2.40. The van der Waals surface area contributed by atoms with Crippen LogP contribution in [0.4, 0.5) is 0 Å². The summed E-state index contributed by atoms with van der Waals surface area (Å²) in [6.45, 7) is 2.32. The van der Waals surface area contributed by atoms with Gasteiger partial charge in [-0.2, -0.15) is 0 Å². The van der Waals surface area contributed by atoms with Crippen molar-refractivity contribution >= 4 is 5.97 Å². The second-order valence-corrected chi connectivity index (χ2v) is 4.88. The zero-order valence-electron chi connectivity index (χ0n) is 10.4. The number of carboxylic acid groups (broad SMARTS) is 1. The number of hydrogen-bond acceptors (Lipinski definition) is 3. The van der Waals surface area contributed by atoms with E-state index in [-0.39, 0.29) is 0 Å². The predicted octanol–water partition coefficient (Wildman–Crippen LogP) is 1.60. The summed E-state index contributed by atoms with van der Waals surface area (Å²) >= 11 is 0. The molecule has 1 saturated carbocycles. The van der Waals surface area contributed by atoms with Crippen molar-refractivity contribution in [1.82, 2.24) is 4.90 Å². The van der Waals surface area contributed by atoms with Crippen LogP contribution >= 0.6 is 0 Å². The van der Waals surface area contributed by atoms with E-state index >= 15 is 0 Å². The highest BCUT2D eigenvalue weighted by molar-refractivity contribution is 5.75. The number of aliphatic carboxylic acids is 1. The van der Waals surface area contributed by atoms with E-state index in [1.807, 2.05) is 7.05 Å². The topological polar surface area (TPSA) is 49.8 Å². The van der Waals surface area contributed by atoms with Gasteiger partial charge in [-0.1, -0.05) is 12.8 Å². The van der Waals surface area contributed by atoms with Crippen LogP contribution in [0.5, 0.6) is 0 Å². The van der Waals surface area contributed by atoms with Gasteiger partial charge in [0.15, 0.2) is 0 Å². The lowest BCUT2D eigenvalue weighted by Gasteiger charge is -2.29. The summed E-state index contributed by atoms with van der Waals surface area (Å²) in [5.41, 5.74) is -0.484. The molecule has 4 heteroatoms. The molecular formula is C12H23NO3. The molecule has 0 aromatic carbocycles. The van der Waals surface area contributed by atoms with E-state index < -0.39 is 11.4 Å². The smallest absolute Gasteiger partial charge is 0.310 e. The van der Waals surface area contributed by atoms with Crippen molar-refractivity contribution in [3.05, 3.63) is 0 Å². The Bertz CT molecular complexity index is 224. The summed E-state index contributed by atoms with van der Waals surface area (Å²) in [7, 11) is 3.69. The van der Waals surface area contributed by atoms with Crippen LogP contribution in [0.2, 0.25) is 0 Å². The molecule has 0 unspecified atom stereocenters. The SMILES string of the molecule is COCCCN(C)CC1(C(=O)O)CCCC1. The highest BCUT2D eigenvalue weighted by Crippen LogP contribution is 2.38. The molecule has 16 heavy (non-hydrogen) atoms. The molecule has 0 amide bonds. The molecule has 0 bridgehead atoms. The van der Waals surface area contributed by atoms with Gasteiger partial charge in [0.25, 0.3) is 0 Å². The Labute approximate surface area is 97.6 Å². The number of methoxy groups -OCH3 is 1. The van der Waals surface area contributed by atoms with Crippen LogP contribution in [0.3, 0.4) is 0 Å². The molecule has 94 valence electrons. The molecule has 0 aromatic heterocycles. The van der Waals surface area contributed by atoms with Gasteiger partial charge in [-0.05, 0) is 26.3 Å². The minimum atomic E-state index is -0.622. The van der Waals surface area contributed by atoms with Crippen LogP contribution in [0.1, 0.15) is 32.1 Å². The third-order valence-corrected chi connectivity index (χ3v) is 3.48. The zero-order valence-corrected chi connectivity index (χ0v) is 10.4. The van der Waals surface area contributed by atoms with E-state index in [0.29, 0.717) is 6.54 Å². The zero-order chi connectivity index (χ0) is 12.0. The molecule has 0 saturated heterocycles. The molecule has 0 aromatic rings. The van der Waals surface area contributed by atoms with Gasteiger partial charge in [-0.15, -0.1) is 0 Å². The van der Waals surface area contributed by atoms with Crippen LogP contribution in [-0.2, 0) is 9.53 Å². The molecule has 1 fully saturated rings. The van der Waals surface area contributed by atoms with E-state index in [9.17, 15) is 9.90 Å². The Morgan fingerprint density at radius 3 is 2.56 bits per heavy atom. The molecule has 0 aliphatic heterocycles. The molecule has 1 aliphatic carbocycles. The molecule has 0 heterocycles. The van der Waals surface area contributed by atoms with Gasteiger partial charge in [0.2, 0.25) is 0 Å². The van der Waals surface area contributed by atoms with Crippen molar-refractivity contribution in [2.75, 3.05) is 33.9 Å². The predicted molar refractivity (Wildman–Crippen MR) is 62.5 cm³/mol. The third-order valence-electron chi connectivity index (χ3n) is 3.48. The van der Waals surface area contributed by atoms with Crippen molar-refractivity contribution in [1.29, 1.82) is 0 Å². The van der Waals surface area contributed by atoms with Gasteiger partial charge in [0.1, 0.15) is 0 Å². The number of rotatable bonds is 7. The van der Waals surface area contributed by atoms with Gasteiger partial charge in [-0.3, -0.25) is 4.79 Å². The summed E-state index contributed by atoms with van der Waals surface area (Å²) in [5.74, 6) is -0.622. The largest absolute Gasteiger partial charge is 0.481 e. The monoisotopic (exact) mass is 229 g/mol. The summed E-state index contributed by atoms with van der Waals surface area (Å²) < 4.78 is 4.99. The first kappa shape index (κ1) is 13.5. The quantitative estimate of drug-likeness (QED) is 0.674. The fraction of sp³-hybridized carbons (Fsp3) is 0.917. The lowest BCUT2D eigenvalue weighted by Crippen LogP contribution is -2.40. The number of hydrogen-bond donors (Lipinski definition) is 1. The van der Waals surface area contributed by atoms with Crippen LogP contribution in [0.25, 0.3) is 0 Å². The fourth-order valence-electron chi connectivity index (χ4n) is 2.57. The standard InChI is InChI=1S/C12H23NO3/c1-13(8-5-9-16-2)10-12(11(14)15)6-3-4-7-12/h3-10H2,1-2H3,(H,14,15). The molecular weight excluding hydrogens is 206 g/mol. The summed E-state index contributed by atoms with van der Waals surface area (Å²) in [5, 5.41) is 9.33. The maximum Gasteiger partial charge on any atom is 0.310 e. The lowest BCUT2D eigenvalue weighted by atomic mass is 9.86. The first-order valence-corrected chi connectivity index (χ1v) is 6.01. The van der Waals surface area contributed by atoms with Gasteiger partial charge < -0.3 is 14.7 Å². The van der Waals surface area contributed by atoms with Crippen LogP contribution in [-0.4, -0.2) is 49.8 Å². The maximum absolute atomic E-state index is 11.3. The molecule has 1 rings (SSSR count). The van der Waals surface area contributed by atoms with E-state index in [4.69, 9.17) is 4.74 Å². The molecule has 0 spiro atoms. The van der Waals surface area contributed by atoms with Crippen molar-refractivity contribution in [2.45, 2.75) is 32.1 Å². The highest BCUT2D eigenvalue weighted by atomic mass is 16.5.